The second-order valence-corrected chi connectivity index (χ2v) is 8.10. The summed E-state index contributed by atoms with van der Waals surface area (Å²) in [6.07, 6.45) is -2.07. The zero-order valence-electron chi connectivity index (χ0n) is 14.6. The molecule has 2 aromatic heterocycles. The number of hydrogen-bond donors (Lipinski definition) is 1. The molecule has 10 heteroatoms. The van der Waals surface area contributed by atoms with Crippen molar-refractivity contribution in [2.24, 2.45) is 5.92 Å². The Kier molecular flexibility index (Phi) is 5.23. The van der Waals surface area contributed by atoms with Crippen LogP contribution in [-0.4, -0.2) is 15.7 Å². The lowest BCUT2D eigenvalue weighted by atomic mass is 9.89. The molecular formula is C17H16ClF3N4OS. The van der Waals surface area contributed by atoms with Gasteiger partial charge in [-0.2, -0.15) is 23.5 Å². The number of nitrogens with zero attached hydrogens (tertiary/aromatic N) is 3. The fourth-order valence-corrected chi connectivity index (χ4v) is 4.74. The number of carbonyl (C=O) groups is 1. The molecule has 1 atom stereocenters. The summed E-state index contributed by atoms with van der Waals surface area (Å²) in [5.41, 5.74) is 0.252. The Morgan fingerprint density at radius 1 is 1.52 bits per heavy atom. The van der Waals surface area contributed by atoms with Gasteiger partial charge in [-0.15, -0.1) is 11.3 Å². The molecule has 0 saturated heterocycles. The van der Waals surface area contributed by atoms with Crippen molar-refractivity contribution in [1.29, 1.82) is 5.26 Å². The van der Waals surface area contributed by atoms with Crippen molar-refractivity contribution < 1.29 is 18.0 Å². The minimum Gasteiger partial charge on any atom is -0.315 e. The van der Waals surface area contributed by atoms with Crippen LogP contribution in [0.1, 0.15) is 40.7 Å². The van der Waals surface area contributed by atoms with Gasteiger partial charge >= 0.3 is 6.18 Å². The number of nitrogens with one attached hydrogen (secondary N) is 1. The number of carbonyl (C=O) groups excluding carboxylic acids is 1. The normalized spacial score (nSPS) is 16.7. The molecule has 0 radical (unpaired) electrons. The maximum Gasteiger partial charge on any atom is 0.436 e. The van der Waals surface area contributed by atoms with E-state index < -0.39 is 29.3 Å². The van der Waals surface area contributed by atoms with E-state index in [2.05, 4.69) is 23.4 Å². The van der Waals surface area contributed by atoms with Crippen LogP contribution in [0, 0.1) is 24.2 Å². The highest BCUT2D eigenvalue weighted by atomic mass is 35.5. The predicted molar refractivity (Wildman–Crippen MR) is 95.8 cm³/mol. The van der Waals surface area contributed by atoms with Gasteiger partial charge < -0.3 is 5.32 Å². The maximum atomic E-state index is 12.9. The monoisotopic (exact) mass is 416 g/mol. The van der Waals surface area contributed by atoms with Crippen molar-refractivity contribution in [1.82, 2.24) is 9.78 Å². The van der Waals surface area contributed by atoms with Crippen molar-refractivity contribution >= 4 is 33.8 Å². The molecule has 2 aromatic rings. The van der Waals surface area contributed by atoms with Crippen LogP contribution in [-0.2, 0) is 30.4 Å². The highest BCUT2D eigenvalue weighted by Gasteiger charge is 2.38. The van der Waals surface area contributed by atoms with Gasteiger partial charge in [0.2, 0.25) is 5.91 Å². The molecule has 144 valence electrons. The first kappa shape index (κ1) is 19.7. The van der Waals surface area contributed by atoms with E-state index in [1.54, 1.807) is 0 Å². The molecule has 0 fully saturated rings. The number of alkyl halides is 3. The number of nitriles is 1. The third kappa shape index (κ3) is 3.82. The smallest absolute Gasteiger partial charge is 0.315 e. The SMILES string of the molecule is Cc1c(Cl)c(C(F)(F)F)nn1CC(=O)Nc1sc2c(c1C#N)CC[C@@H](C)C2. The number of hydrogen-bond acceptors (Lipinski definition) is 4. The average molecular weight is 417 g/mol. The van der Waals surface area contributed by atoms with Crippen LogP contribution in [0.2, 0.25) is 5.02 Å². The van der Waals surface area contributed by atoms with Crippen LogP contribution in [0.3, 0.4) is 0 Å². The zero-order valence-corrected chi connectivity index (χ0v) is 16.1. The molecule has 5 nitrogen and oxygen atoms in total. The standard InChI is InChI=1S/C17H16ClF3N4OS/c1-8-3-4-10-11(6-22)16(27-12(10)5-8)23-13(26)7-25-9(2)14(18)15(24-25)17(19,20)21/h8H,3-5,7H2,1-2H3,(H,23,26)/t8-/m1/s1. The Hall–Kier alpha value is -2.05. The summed E-state index contributed by atoms with van der Waals surface area (Å²) in [7, 11) is 0. The Morgan fingerprint density at radius 2 is 2.22 bits per heavy atom. The van der Waals surface area contributed by atoms with Gasteiger partial charge in [-0.1, -0.05) is 18.5 Å². The summed E-state index contributed by atoms with van der Waals surface area (Å²) in [5, 5.41) is 15.4. The number of aromatic nitrogens is 2. The molecule has 2 heterocycles. The lowest BCUT2D eigenvalue weighted by molar-refractivity contribution is -0.141. The summed E-state index contributed by atoms with van der Waals surface area (Å²) >= 11 is 7.05. The Bertz CT molecular complexity index is 942. The fourth-order valence-electron chi connectivity index (χ4n) is 3.12. The van der Waals surface area contributed by atoms with E-state index >= 15 is 0 Å². The molecule has 1 aliphatic carbocycles. The lowest BCUT2D eigenvalue weighted by Crippen LogP contribution is -2.20. The molecule has 0 aliphatic heterocycles. The summed E-state index contributed by atoms with van der Waals surface area (Å²) in [6, 6.07) is 2.14. The van der Waals surface area contributed by atoms with E-state index in [1.165, 1.54) is 18.3 Å². The molecule has 0 unspecified atom stereocenters. The van der Waals surface area contributed by atoms with E-state index in [0.717, 1.165) is 34.4 Å². The van der Waals surface area contributed by atoms with Gasteiger partial charge in [-0.25, -0.2) is 0 Å². The minimum atomic E-state index is -4.69. The molecule has 27 heavy (non-hydrogen) atoms. The Morgan fingerprint density at radius 3 is 2.81 bits per heavy atom. The van der Waals surface area contributed by atoms with Gasteiger partial charge in [-0.05, 0) is 37.7 Å². The van der Waals surface area contributed by atoms with Crippen molar-refractivity contribution in [2.75, 3.05) is 5.32 Å². The van der Waals surface area contributed by atoms with Crippen molar-refractivity contribution in [3.05, 3.63) is 32.4 Å². The molecule has 0 bridgehead atoms. The third-order valence-corrected chi connectivity index (χ3v) is 6.19. The number of halogens is 4. The number of fused-ring (bicyclic) bond motifs is 1. The highest BCUT2D eigenvalue weighted by Crippen LogP contribution is 2.39. The fraction of sp³-hybridized carbons (Fsp3) is 0.471. The van der Waals surface area contributed by atoms with Crippen LogP contribution in [0.25, 0.3) is 0 Å². The second kappa shape index (κ2) is 7.17. The number of anilines is 1. The minimum absolute atomic E-state index is 0.0546. The van der Waals surface area contributed by atoms with Gasteiger partial charge in [0.1, 0.15) is 17.6 Å². The first-order valence-corrected chi connectivity index (χ1v) is 9.45. The maximum absolute atomic E-state index is 12.9. The van der Waals surface area contributed by atoms with Crippen LogP contribution < -0.4 is 5.32 Å². The van der Waals surface area contributed by atoms with Crippen LogP contribution in [0.15, 0.2) is 0 Å². The molecule has 1 amide bonds. The van der Waals surface area contributed by atoms with Gasteiger partial charge in [0.05, 0.1) is 16.3 Å². The number of thiophene rings is 1. The van der Waals surface area contributed by atoms with E-state index in [1.807, 2.05) is 0 Å². The molecule has 3 rings (SSSR count). The summed E-state index contributed by atoms with van der Waals surface area (Å²) in [4.78, 5) is 13.4. The number of amides is 1. The van der Waals surface area contributed by atoms with E-state index in [0.29, 0.717) is 16.5 Å². The van der Waals surface area contributed by atoms with Crippen LogP contribution in [0.5, 0.6) is 0 Å². The van der Waals surface area contributed by atoms with Crippen LogP contribution in [0.4, 0.5) is 18.2 Å². The summed E-state index contributed by atoms with van der Waals surface area (Å²) in [5.74, 6) is -0.0463. The van der Waals surface area contributed by atoms with Crippen molar-refractivity contribution in [3.63, 3.8) is 0 Å². The van der Waals surface area contributed by atoms with Gasteiger partial charge in [0, 0.05) is 4.88 Å². The summed E-state index contributed by atoms with van der Waals surface area (Å²) < 4.78 is 39.6. The second-order valence-electron chi connectivity index (χ2n) is 6.62. The molecule has 0 saturated carbocycles. The topological polar surface area (TPSA) is 70.7 Å². The van der Waals surface area contributed by atoms with Gasteiger partial charge in [0.25, 0.3) is 0 Å². The van der Waals surface area contributed by atoms with Gasteiger partial charge in [-0.3, -0.25) is 9.48 Å². The average Bonchev–Trinajstić information content (AvgIpc) is 3.05. The predicted octanol–water partition coefficient (Wildman–Crippen LogP) is 4.56. The molecule has 1 aliphatic rings. The molecule has 1 N–H and O–H groups in total. The van der Waals surface area contributed by atoms with E-state index in [-0.39, 0.29) is 5.69 Å². The van der Waals surface area contributed by atoms with Crippen molar-refractivity contribution in [2.45, 2.75) is 45.8 Å². The first-order valence-electron chi connectivity index (χ1n) is 8.26. The largest absolute Gasteiger partial charge is 0.436 e. The highest BCUT2D eigenvalue weighted by molar-refractivity contribution is 7.16. The number of rotatable bonds is 3. The lowest BCUT2D eigenvalue weighted by Gasteiger charge is -2.17. The van der Waals surface area contributed by atoms with Crippen LogP contribution >= 0.6 is 22.9 Å². The summed E-state index contributed by atoms with van der Waals surface area (Å²) in [6.45, 7) is 3.07. The third-order valence-electron chi connectivity index (χ3n) is 4.57. The quantitative estimate of drug-likeness (QED) is 0.797. The van der Waals surface area contributed by atoms with E-state index in [9.17, 15) is 23.2 Å². The Balaban J connectivity index is 1.81. The first-order chi connectivity index (χ1) is 12.6. The molecule has 0 aromatic carbocycles. The molecular weight excluding hydrogens is 401 g/mol. The Labute approximate surface area is 162 Å². The molecule has 0 spiro atoms. The van der Waals surface area contributed by atoms with E-state index in [4.69, 9.17) is 11.6 Å². The van der Waals surface area contributed by atoms with Gasteiger partial charge in [0.15, 0.2) is 5.69 Å². The zero-order chi connectivity index (χ0) is 19.9. The van der Waals surface area contributed by atoms with Crippen molar-refractivity contribution in [3.8, 4) is 6.07 Å².